The number of carbonyl (C=O) groups excluding carboxylic acids is 1. The van der Waals surface area contributed by atoms with Gasteiger partial charge in [0.2, 0.25) is 0 Å². The van der Waals surface area contributed by atoms with E-state index in [2.05, 4.69) is 11.9 Å². The summed E-state index contributed by atoms with van der Waals surface area (Å²) in [5.41, 5.74) is 0. The Balaban J connectivity index is 2.30. The highest BCUT2D eigenvalue weighted by molar-refractivity contribution is 5.72. The van der Waals surface area contributed by atoms with E-state index < -0.39 is 0 Å². The zero-order chi connectivity index (χ0) is 14.3. The van der Waals surface area contributed by atoms with E-state index in [-0.39, 0.29) is 18.0 Å². The molecule has 1 rings (SSSR count). The summed E-state index contributed by atoms with van der Waals surface area (Å²) < 4.78 is 11.0. The quantitative estimate of drug-likeness (QED) is 0.642. The van der Waals surface area contributed by atoms with E-state index in [1.165, 1.54) is 0 Å². The van der Waals surface area contributed by atoms with Gasteiger partial charge in [-0.15, -0.1) is 0 Å². The monoisotopic (exact) mass is 272 g/mol. The lowest BCUT2D eigenvalue weighted by Crippen LogP contribution is -2.37. The van der Waals surface area contributed by atoms with Crippen molar-refractivity contribution in [3.8, 4) is 0 Å². The second kappa shape index (κ2) is 8.51. The van der Waals surface area contributed by atoms with Gasteiger partial charge in [-0.1, -0.05) is 0 Å². The first-order chi connectivity index (χ1) is 9.02. The summed E-state index contributed by atoms with van der Waals surface area (Å²) in [5, 5.41) is 0. The van der Waals surface area contributed by atoms with E-state index in [1.807, 2.05) is 25.9 Å². The largest absolute Gasteiger partial charge is 0.463 e. The standard InChI is InChI=1S/C14H28N2O3/c1-5-18-13(10-15(2)3)11-19-14(17)12-6-8-16(4)9-7-12/h12-13H,5-11H2,1-4H3. The fourth-order valence-corrected chi connectivity index (χ4v) is 2.33. The highest BCUT2D eigenvalue weighted by atomic mass is 16.6. The Morgan fingerprint density at radius 3 is 2.53 bits per heavy atom. The molecule has 0 saturated carbocycles. The van der Waals surface area contributed by atoms with Crippen molar-refractivity contribution in [2.45, 2.75) is 25.9 Å². The van der Waals surface area contributed by atoms with Gasteiger partial charge in [0.05, 0.1) is 5.92 Å². The second-order valence-electron chi connectivity index (χ2n) is 5.55. The van der Waals surface area contributed by atoms with Crippen LogP contribution in [0.1, 0.15) is 19.8 Å². The van der Waals surface area contributed by atoms with Crippen LogP contribution in [-0.2, 0) is 14.3 Å². The first kappa shape index (κ1) is 16.4. The van der Waals surface area contributed by atoms with Gasteiger partial charge in [-0.2, -0.15) is 0 Å². The molecule has 112 valence electrons. The van der Waals surface area contributed by atoms with Gasteiger partial charge in [-0.3, -0.25) is 4.79 Å². The van der Waals surface area contributed by atoms with Gasteiger partial charge in [0.1, 0.15) is 12.7 Å². The minimum atomic E-state index is -0.0587. The van der Waals surface area contributed by atoms with Crippen LogP contribution in [0.3, 0.4) is 0 Å². The van der Waals surface area contributed by atoms with Gasteiger partial charge < -0.3 is 19.3 Å². The lowest BCUT2D eigenvalue weighted by Gasteiger charge is -2.28. The summed E-state index contributed by atoms with van der Waals surface area (Å²) in [6.07, 6.45) is 1.78. The van der Waals surface area contributed by atoms with Crippen LogP contribution in [0.2, 0.25) is 0 Å². The molecule has 1 aliphatic heterocycles. The van der Waals surface area contributed by atoms with Crippen LogP contribution in [0.25, 0.3) is 0 Å². The number of likely N-dealkylation sites (N-methyl/N-ethyl adjacent to an activating group) is 1. The Bertz CT molecular complexity index is 263. The highest BCUT2D eigenvalue weighted by Gasteiger charge is 2.25. The van der Waals surface area contributed by atoms with Crippen molar-refractivity contribution in [1.82, 2.24) is 9.80 Å². The first-order valence-corrected chi connectivity index (χ1v) is 7.14. The molecule has 1 fully saturated rings. The van der Waals surface area contributed by atoms with Crippen molar-refractivity contribution in [3.05, 3.63) is 0 Å². The van der Waals surface area contributed by atoms with Crippen LogP contribution < -0.4 is 0 Å². The molecule has 0 aromatic rings. The molecular weight excluding hydrogens is 244 g/mol. The zero-order valence-electron chi connectivity index (χ0n) is 12.7. The van der Waals surface area contributed by atoms with Crippen molar-refractivity contribution in [2.24, 2.45) is 5.92 Å². The van der Waals surface area contributed by atoms with Crippen molar-refractivity contribution in [1.29, 1.82) is 0 Å². The molecule has 0 radical (unpaired) electrons. The van der Waals surface area contributed by atoms with Gasteiger partial charge >= 0.3 is 5.97 Å². The van der Waals surface area contributed by atoms with Gasteiger partial charge in [0, 0.05) is 13.2 Å². The predicted octanol–water partition coefficient (Wildman–Crippen LogP) is 0.838. The second-order valence-corrected chi connectivity index (χ2v) is 5.55. The topological polar surface area (TPSA) is 42.0 Å². The van der Waals surface area contributed by atoms with Gasteiger partial charge in [-0.25, -0.2) is 0 Å². The van der Waals surface area contributed by atoms with Crippen molar-refractivity contribution < 1.29 is 14.3 Å². The lowest BCUT2D eigenvalue weighted by molar-refractivity contribution is -0.154. The molecule has 5 heteroatoms. The van der Waals surface area contributed by atoms with Crippen LogP contribution in [0.4, 0.5) is 0 Å². The molecule has 0 amide bonds. The predicted molar refractivity (Wildman–Crippen MR) is 75.1 cm³/mol. The summed E-state index contributed by atoms with van der Waals surface area (Å²) in [6, 6.07) is 0. The molecule has 19 heavy (non-hydrogen) atoms. The summed E-state index contributed by atoms with van der Waals surface area (Å²) >= 11 is 0. The van der Waals surface area contributed by atoms with E-state index in [9.17, 15) is 4.79 Å². The Hall–Kier alpha value is -0.650. The summed E-state index contributed by atoms with van der Waals surface area (Å²) in [7, 11) is 6.07. The van der Waals surface area contributed by atoms with Gasteiger partial charge in [-0.05, 0) is 54.0 Å². The minimum absolute atomic E-state index is 0.0322. The number of nitrogens with zero attached hydrogens (tertiary/aromatic N) is 2. The molecule has 0 aromatic carbocycles. The minimum Gasteiger partial charge on any atom is -0.463 e. The lowest BCUT2D eigenvalue weighted by atomic mass is 9.97. The van der Waals surface area contributed by atoms with E-state index in [1.54, 1.807) is 0 Å². The first-order valence-electron chi connectivity index (χ1n) is 7.14. The molecule has 0 bridgehead atoms. The van der Waals surface area contributed by atoms with E-state index in [0.29, 0.717) is 13.2 Å². The molecule has 0 spiro atoms. The van der Waals surface area contributed by atoms with E-state index in [0.717, 1.165) is 32.5 Å². The Kier molecular flexibility index (Phi) is 7.34. The summed E-state index contributed by atoms with van der Waals surface area (Å²) in [5.74, 6) is 0.00870. The SMILES string of the molecule is CCOC(COC(=O)C1CCN(C)CC1)CN(C)C. The Morgan fingerprint density at radius 2 is 2.00 bits per heavy atom. The molecule has 1 saturated heterocycles. The summed E-state index contributed by atoms with van der Waals surface area (Å²) in [6.45, 7) is 5.69. The molecule has 5 nitrogen and oxygen atoms in total. The number of rotatable bonds is 7. The molecule has 1 unspecified atom stereocenters. The van der Waals surface area contributed by atoms with E-state index in [4.69, 9.17) is 9.47 Å². The fraction of sp³-hybridized carbons (Fsp3) is 0.929. The van der Waals surface area contributed by atoms with Crippen LogP contribution in [0, 0.1) is 5.92 Å². The van der Waals surface area contributed by atoms with Crippen LogP contribution in [-0.4, -0.2) is 75.9 Å². The molecule has 0 N–H and O–H groups in total. The average molecular weight is 272 g/mol. The number of carbonyl (C=O) groups is 1. The highest BCUT2D eigenvalue weighted by Crippen LogP contribution is 2.17. The maximum Gasteiger partial charge on any atom is 0.309 e. The smallest absolute Gasteiger partial charge is 0.309 e. The van der Waals surface area contributed by atoms with Crippen molar-refractivity contribution in [3.63, 3.8) is 0 Å². The third kappa shape index (κ3) is 6.36. The van der Waals surface area contributed by atoms with Crippen LogP contribution in [0.5, 0.6) is 0 Å². The van der Waals surface area contributed by atoms with E-state index >= 15 is 0 Å². The van der Waals surface area contributed by atoms with Crippen molar-refractivity contribution in [2.75, 3.05) is 54.0 Å². The number of hydrogen-bond donors (Lipinski definition) is 0. The Morgan fingerprint density at radius 1 is 1.37 bits per heavy atom. The number of hydrogen-bond acceptors (Lipinski definition) is 5. The molecule has 0 aromatic heterocycles. The third-order valence-corrected chi connectivity index (χ3v) is 3.43. The molecule has 1 heterocycles. The average Bonchev–Trinajstić information content (AvgIpc) is 2.36. The maximum absolute atomic E-state index is 12.0. The zero-order valence-corrected chi connectivity index (χ0v) is 12.7. The van der Waals surface area contributed by atoms with Crippen molar-refractivity contribution >= 4 is 5.97 Å². The van der Waals surface area contributed by atoms with Crippen LogP contribution >= 0.6 is 0 Å². The van der Waals surface area contributed by atoms with Gasteiger partial charge in [0.15, 0.2) is 0 Å². The van der Waals surface area contributed by atoms with Gasteiger partial charge in [0.25, 0.3) is 0 Å². The summed E-state index contributed by atoms with van der Waals surface area (Å²) in [4.78, 5) is 16.3. The normalized spacial score (nSPS) is 19.6. The fourth-order valence-electron chi connectivity index (χ4n) is 2.33. The third-order valence-electron chi connectivity index (χ3n) is 3.43. The number of likely N-dealkylation sites (tertiary alicyclic amines) is 1. The maximum atomic E-state index is 12.0. The molecule has 1 atom stereocenters. The van der Waals surface area contributed by atoms with Crippen LogP contribution in [0.15, 0.2) is 0 Å². The Labute approximate surface area is 116 Å². The molecular formula is C14H28N2O3. The molecule has 0 aliphatic carbocycles. The molecule has 1 aliphatic rings. The number of esters is 1. The number of ether oxygens (including phenoxy) is 2. The number of piperidine rings is 1.